The standard InChI is InChI=1S/C30H32ClF3N2O2/c1-3-18-36(2,25-7-5-4-6-8-25)19-17-21-9-15-24(16-10-21)35-29(37)26-20-27(38-28(26)30(32,33)34)22-11-13-23(31)14-12-22/h3,9-16,20,25H,1,4-8,17-19H2,2H3/p+1. The van der Waals surface area contributed by atoms with Crippen molar-refractivity contribution in [3.8, 4) is 11.3 Å². The van der Waals surface area contributed by atoms with Gasteiger partial charge in [-0.15, -0.1) is 0 Å². The molecule has 0 bridgehead atoms. The number of rotatable bonds is 9. The molecule has 1 unspecified atom stereocenters. The number of halogens is 4. The van der Waals surface area contributed by atoms with Crippen molar-refractivity contribution in [2.45, 2.75) is 50.7 Å². The number of carbonyl (C=O) groups excluding carboxylic acids is 1. The van der Waals surface area contributed by atoms with E-state index in [4.69, 9.17) is 16.0 Å². The van der Waals surface area contributed by atoms with Crippen LogP contribution in [0.15, 0.2) is 71.7 Å². The van der Waals surface area contributed by atoms with Gasteiger partial charge in [-0.1, -0.05) is 36.7 Å². The van der Waals surface area contributed by atoms with Crippen molar-refractivity contribution in [1.82, 2.24) is 0 Å². The van der Waals surface area contributed by atoms with Crippen LogP contribution >= 0.6 is 11.6 Å². The first-order valence-electron chi connectivity index (χ1n) is 12.9. The summed E-state index contributed by atoms with van der Waals surface area (Å²) in [6.07, 6.45) is 4.37. The molecule has 8 heteroatoms. The lowest BCUT2D eigenvalue weighted by molar-refractivity contribution is -0.929. The summed E-state index contributed by atoms with van der Waals surface area (Å²) >= 11 is 5.87. The van der Waals surface area contributed by atoms with Crippen LogP contribution in [0.3, 0.4) is 0 Å². The zero-order valence-electron chi connectivity index (χ0n) is 21.5. The highest BCUT2D eigenvalue weighted by Crippen LogP contribution is 2.38. The second-order valence-electron chi connectivity index (χ2n) is 10.2. The lowest BCUT2D eigenvalue weighted by atomic mass is 9.92. The molecular formula is C30H33ClF3N2O2+. The molecule has 0 aliphatic heterocycles. The van der Waals surface area contributed by atoms with Gasteiger partial charge in [0.25, 0.3) is 5.91 Å². The SMILES string of the molecule is C=CC[N+](C)(CCc1ccc(NC(=O)c2cc(-c3ccc(Cl)cc3)oc2C(F)(F)F)cc1)C1CCCCC1. The number of hydrogen-bond acceptors (Lipinski definition) is 2. The number of nitrogens with zero attached hydrogens (tertiary/aromatic N) is 1. The molecule has 38 heavy (non-hydrogen) atoms. The van der Waals surface area contributed by atoms with Gasteiger partial charge in [0.1, 0.15) is 5.76 Å². The lowest BCUT2D eigenvalue weighted by Gasteiger charge is -2.43. The zero-order chi connectivity index (χ0) is 27.3. The van der Waals surface area contributed by atoms with E-state index in [1.807, 2.05) is 18.2 Å². The van der Waals surface area contributed by atoms with Crippen molar-refractivity contribution in [3.63, 3.8) is 0 Å². The molecule has 2 aromatic carbocycles. The number of alkyl halides is 3. The molecule has 1 fully saturated rings. The molecule has 1 aliphatic rings. The van der Waals surface area contributed by atoms with Gasteiger partial charge in [0.15, 0.2) is 0 Å². The topological polar surface area (TPSA) is 42.2 Å². The molecule has 202 valence electrons. The Labute approximate surface area is 226 Å². The molecule has 1 atom stereocenters. The van der Waals surface area contributed by atoms with E-state index in [0.29, 0.717) is 22.3 Å². The molecule has 1 saturated carbocycles. The fourth-order valence-corrected chi connectivity index (χ4v) is 5.41. The molecule has 1 aromatic heterocycles. The van der Waals surface area contributed by atoms with Crippen molar-refractivity contribution in [1.29, 1.82) is 0 Å². The third kappa shape index (κ3) is 6.69. The molecule has 1 N–H and O–H groups in total. The van der Waals surface area contributed by atoms with Crippen molar-refractivity contribution in [2.75, 3.05) is 25.5 Å². The van der Waals surface area contributed by atoms with Gasteiger partial charge in [-0.25, -0.2) is 0 Å². The van der Waals surface area contributed by atoms with Crippen LogP contribution in [-0.4, -0.2) is 36.6 Å². The molecule has 0 saturated heterocycles. The van der Waals surface area contributed by atoms with Gasteiger partial charge in [-0.05, 0) is 79.8 Å². The minimum Gasteiger partial charge on any atom is -0.451 e. The van der Waals surface area contributed by atoms with E-state index in [2.05, 4.69) is 18.9 Å². The molecule has 1 aliphatic carbocycles. The van der Waals surface area contributed by atoms with E-state index in [9.17, 15) is 18.0 Å². The Morgan fingerprint density at radius 2 is 1.76 bits per heavy atom. The Morgan fingerprint density at radius 1 is 1.11 bits per heavy atom. The maximum Gasteiger partial charge on any atom is 0.450 e. The third-order valence-corrected chi connectivity index (χ3v) is 7.74. The molecular weight excluding hydrogens is 513 g/mol. The number of carbonyl (C=O) groups is 1. The summed E-state index contributed by atoms with van der Waals surface area (Å²) in [5.74, 6) is -2.28. The summed E-state index contributed by atoms with van der Waals surface area (Å²) in [6.45, 7) is 5.86. The number of nitrogens with one attached hydrogen (secondary N) is 1. The van der Waals surface area contributed by atoms with Crippen LogP contribution in [0.25, 0.3) is 11.3 Å². The first-order valence-corrected chi connectivity index (χ1v) is 13.3. The quantitative estimate of drug-likeness (QED) is 0.217. The first-order chi connectivity index (χ1) is 18.1. The Morgan fingerprint density at radius 3 is 2.37 bits per heavy atom. The number of furan rings is 1. The van der Waals surface area contributed by atoms with Crippen molar-refractivity contribution in [3.05, 3.63) is 89.2 Å². The molecule has 1 amide bonds. The number of hydrogen-bond donors (Lipinski definition) is 1. The largest absolute Gasteiger partial charge is 0.451 e. The van der Waals surface area contributed by atoms with Crippen LogP contribution in [0.4, 0.5) is 18.9 Å². The van der Waals surface area contributed by atoms with Crippen molar-refractivity contribution >= 4 is 23.2 Å². The second-order valence-corrected chi connectivity index (χ2v) is 10.7. The molecule has 3 aromatic rings. The van der Waals surface area contributed by atoms with Gasteiger partial charge in [-0.2, -0.15) is 13.2 Å². The molecule has 4 nitrogen and oxygen atoms in total. The summed E-state index contributed by atoms with van der Waals surface area (Å²) in [5, 5.41) is 3.02. The van der Waals surface area contributed by atoms with Gasteiger partial charge in [0.2, 0.25) is 5.76 Å². The Bertz CT molecular complexity index is 1250. The summed E-state index contributed by atoms with van der Waals surface area (Å²) in [5.41, 5.74) is 1.34. The summed E-state index contributed by atoms with van der Waals surface area (Å²) in [4.78, 5) is 12.9. The van der Waals surface area contributed by atoms with Gasteiger partial charge >= 0.3 is 6.18 Å². The van der Waals surface area contributed by atoms with Crippen LogP contribution < -0.4 is 5.32 Å². The number of benzene rings is 2. The highest BCUT2D eigenvalue weighted by molar-refractivity contribution is 6.30. The van der Waals surface area contributed by atoms with Gasteiger partial charge in [-0.3, -0.25) is 4.79 Å². The van der Waals surface area contributed by atoms with E-state index >= 15 is 0 Å². The first kappa shape index (κ1) is 28.0. The minimum absolute atomic E-state index is 0.0619. The van der Waals surface area contributed by atoms with Gasteiger partial charge < -0.3 is 14.2 Å². The summed E-state index contributed by atoms with van der Waals surface area (Å²) < 4.78 is 47.0. The molecule has 0 spiro atoms. The zero-order valence-corrected chi connectivity index (χ0v) is 22.2. The highest BCUT2D eigenvalue weighted by Gasteiger charge is 2.40. The summed E-state index contributed by atoms with van der Waals surface area (Å²) in [7, 11) is 2.30. The van der Waals surface area contributed by atoms with Crippen LogP contribution in [0.2, 0.25) is 5.02 Å². The maximum atomic E-state index is 13.7. The van der Waals surface area contributed by atoms with Gasteiger partial charge in [0.05, 0.1) is 31.7 Å². The second kappa shape index (κ2) is 11.8. The molecule has 4 rings (SSSR count). The van der Waals surface area contributed by atoms with Crippen LogP contribution in [-0.2, 0) is 12.6 Å². The molecule has 1 heterocycles. The fourth-order valence-electron chi connectivity index (χ4n) is 5.29. The Hall–Kier alpha value is -3.03. The molecule has 0 radical (unpaired) electrons. The predicted octanol–water partition coefficient (Wildman–Crippen LogP) is 8.38. The highest BCUT2D eigenvalue weighted by atomic mass is 35.5. The number of anilines is 1. The number of likely N-dealkylation sites (N-methyl/N-ethyl adjacent to an activating group) is 1. The predicted molar refractivity (Wildman–Crippen MR) is 145 cm³/mol. The average Bonchev–Trinajstić information content (AvgIpc) is 3.36. The van der Waals surface area contributed by atoms with Crippen molar-refractivity contribution in [2.24, 2.45) is 0 Å². The average molecular weight is 546 g/mol. The third-order valence-electron chi connectivity index (χ3n) is 7.49. The smallest absolute Gasteiger partial charge is 0.450 e. The fraction of sp³-hybridized carbons (Fsp3) is 0.367. The van der Waals surface area contributed by atoms with E-state index in [-0.39, 0.29) is 5.76 Å². The van der Waals surface area contributed by atoms with E-state index < -0.39 is 23.4 Å². The van der Waals surface area contributed by atoms with E-state index in [1.165, 1.54) is 44.2 Å². The van der Waals surface area contributed by atoms with E-state index in [0.717, 1.165) is 35.6 Å². The van der Waals surface area contributed by atoms with Crippen LogP contribution in [0, 0.1) is 0 Å². The normalized spacial score (nSPS) is 16.1. The lowest BCUT2D eigenvalue weighted by Crippen LogP contribution is -2.54. The summed E-state index contributed by atoms with van der Waals surface area (Å²) in [6, 6.07) is 15.2. The number of amides is 1. The Balaban J connectivity index is 1.45. The Kier molecular flexibility index (Phi) is 8.68. The van der Waals surface area contributed by atoms with Crippen LogP contribution in [0.1, 0.15) is 53.8 Å². The number of quaternary nitrogens is 1. The van der Waals surface area contributed by atoms with E-state index in [1.54, 1.807) is 24.3 Å². The van der Waals surface area contributed by atoms with Crippen molar-refractivity contribution < 1.29 is 26.9 Å². The van der Waals surface area contributed by atoms with Gasteiger partial charge in [0, 0.05) is 22.7 Å². The monoisotopic (exact) mass is 545 g/mol. The minimum atomic E-state index is -4.82. The van der Waals surface area contributed by atoms with Crippen LogP contribution in [0.5, 0.6) is 0 Å². The maximum absolute atomic E-state index is 13.7.